The number of nitrogens with zero attached hydrogens (tertiary/aromatic N) is 1. The van der Waals surface area contributed by atoms with Crippen LogP contribution < -0.4 is 5.32 Å². The topological polar surface area (TPSA) is 92.5 Å². The summed E-state index contributed by atoms with van der Waals surface area (Å²) in [5, 5.41) is 21.5. The van der Waals surface area contributed by atoms with E-state index in [-0.39, 0.29) is 18.2 Å². The summed E-state index contributed by atoms with van der Waals surface area (Å²) in [4.78, 5) is 21.3. The van der Waals surface area contributed by atoms with Crippen LogP contribution in [0.3, 0.4) is 0 Å². The van der Waals surface area contributed by atoms with Crippen molar-refractivity contribution in [1.29, 1.82) is 0 Å². The molecule has 0 saturated carbocycles. The van der Waals surface area contributed by atoms with Gasteiger partial charge in [0.25, 0.3) is 11.6 Å². The van der Waals surface area contributed by atoms with E-state index in [4.69, 9.17) is 5.11 Å². The van der Waals surface area contributed by atoms with Crippen molar-refractivity contribution in [1.82, 2.24) is 5.32 Å². The van der Waals surface area contributed by atoms with E-state index in [2.05, 4.69) is 5.32 Å². The monoisotopic (exact) mass is 224 g/mol. The summed E-state index contributed by atoms with van der Waals surface area (Å²) >= 11 is 0. The highest BCUT2D eigenvalue weighted by atomic mass is 16.6. The van der Waals surface area contributed by atoms with Crippen molar-refractivity contribution in [2.45, 2.75) is 6.42 Å². The Morgan fingerprint density at radius 2 is 2.00 bits per heavy atom. The number of nitro groups is 1. The van der Waals surface area contributed by atoms with Gasteiger partial charge in [0.05, 0.1) is 4.92 Å². The molecule has 86 valence electrons. The lowest BCUT2D eigenvalue weighted by Crippen LogP contribution is -2.24. The zero-order valence-electron chi connectivity index (χ0n) is 8.55. The zero-order valence-corrected chi connectivity index (χ0v) is 8.55. The number of rotatable bonds is 5. The fraction of sp³-hybridized carbons (Fsp3) is 0.300. The molecule has 1 rings (SSSR count). The number of carbonyl (C=O) groups excluding carboxylic acids is 1. The first-order valence-corrected chi connectivity index (χ1v) is 4.78. The second kappa shape index (κ2) is 5.82. The average molecular weight is 224 g/mol. The van der Waals surface area contributed by atoms with Crippen molar-refractivity contribution in [3.63, 3.8) is 0 Å². The molecule has 2 N–H and O–H groups in total. The SMILES string of the molecule is O=C(NCCCO)c1ccc([N+](=O)[O-])cc1. The normalized spacial score (nSPS) is 9.81. The van der Waals surface area contributed by atoms with Crippen molar-refractivity contribution in [2.24, 2.45) is 0 Å². The Bertz CT molecular complexity index is 375. The van der Waals surface area contributed by atoms with Gasteiger partial charge in [0, 0.05) is 30.8 Å². The first-order chi connectivity index (χ1) is 7.65. The van der Waals surface area contributed by atoms with Crippen LogP contribution in [0, 0.1) is 10.1 Å². The van der Waals surface area contributed by atoms with Crippen molar-refractivity contribution < 1.29 is 14.8 Å². The third-order valence-corrected chi connectivity index (χ3v) is 1.96. The Labute approximate surface area is 92.0 Å². The fourth-order valence-electron chi connectivity index (χ4n) is 1.12. The first kappa shape index (κ1) is 12.1. The number of aliphatic hydroxyl groups excluding tert-OH is 1. The number of nitrogens with one attached hydrogen (secondary N) is 1. The standard InChI is InChI=1S/C10H12N2O4/c13-7-1-6-11-10(14)8-2-4-9(5-3-8)12(15)16/h2-5,13H,1,6-7H2,(H,11,14). The highest BCUT2D eigenvalue weighted by molar-refractivity contribution is 5.94. The predicted octanol–water partition coefficient (Wildman–Crippen LogP) is 0.707. The van der Waals surface area contributed by atoms with Crippen molar-refractivity contribution in [3.05, 3.63) is 39.9 Å². The first-order valence-electron chi connectivity index (χ1n) is 4.78. The predicted molar refractivity (Wildman–Crippen MR) is 57.1 cm³/mol. The van der Waals surface area contributed by atoms with Gasteiger partial charge in [-0.3, -0.25) is 14.9 Å². The van der Waals surface area contributed by atoms with Gasteiger partial charge in [0.2, 0.25) is 0 Å². The van der Waals surface area contributed by atoms with E-state index in [0.29, 0.717) is 18.5 Å². The molecule has 6 nitrogen and oxygen atoms in total. The van der Waals surface area contributed by atoms with E-state index in [1.165, 1.54) is 24.3 Å². The van der Waals surface area contributed by atoms with Crippen LogP contribution in [0.25, 0.3) is 0 Å². The maximum absolute atomic E-state index is 11.4. The molecule has 1 aromatic rings. The smallest absolute Gasteiger partial charge is 0.269 e. The summed E-state index contributed by atoms with van der Waals surface area (Å²) in [6, 6.07) is 5.35. The largest absolute Gasteiger partial charge is 0.396 e. The van der Waals surface area contributed by atoms with Crippen LogP contribution >= 0.6 is 0 Å². The second-order valence-corrected chi connectivity index (χ2v) is 3.14. The van der Waals surface area contributed by atoms with Crippen LogP contribution in [-0.2, 0) is 0 Å². The Morgan fingerprint density at radius 1 is 1.38 bits per heavy atom. The molecular formula is C10H12N2O4. The Morgan fingerprint density at radius 3 is 2.50 bits per heavy atom. The lowest BCUT2D eigenvalue weighted by atomic mass is 10.2. The van der Waals surface area contributed by atoms with Crippen molar-refractivity contribution >= 4 is 11.6 Å². The van der Waals surface area contributed by atoms with Gasteiger partial charge < -0.3 is 10.4 Å². The molecule has 1 aromatic carbocycles. The highest BCUT2D eigenvalue weighted by Crippen LogP contribution is 2.11. The summed E-state index contributed by atoms with van der Waals surface area (Å²) in [7, 11) is 0. The van der Waals surface area contributed by atoms with Crippen LogP contribution in [0.1, 0.15) is 16.8 Å². The third-order valence-electron chi connectivity index (χ3n) is 1.96. The fourth-order valence-corrected chi connectivity index (χ4v) is 1.12. The molecule has 0 radical (unpaired) electrons. The molecule has 0 fully saturated rings. The molecule has 0 bridgehead atoms. The summed E-state index contributed by atoms with van der Waals surface area (Å²) < 4.78 is 0. The van der Waals surface area contributed by atoms with Crippen LogP contribution in [0.2, 0.25) is 0 Å². The number of hydrogen-bond acceptors (Lipinski definition) is 4. The summed E-state index contributed by atoms with van der Waals surface area (Å²) in [6.45, 7) is 0.396. The van der Waals surface area contributed by atoms with Crippen molar-refractivity contribution in [2.75, 3.05) is 13.2 Å². The molecule has 0 spiro atoms. The minimum Gasteiger partial charge on any atom is -0.396 e. The van der Waals surface area contributed by atoms with E-state index in [1.54, 1.807) is 0 Å². The maximum Gasteiger partial charge on any atom is 0.269 e. The Hall–Kier alpha value is -1.95. The van der Waals surface area contributed by atoms with Crippen LogP contribution in [-0.4, -0.2) is 29.1 Å². The zero-order chi connectivity index (χ0) is 12.0. The van der Waals surface area contributed by atoms with Crippen LogP contribution in [0.5, 0.6) is 0 Å². The molecule has 0 saturated heterocycles. The quantitative estimate of drug-likeness (QED) is 0.437. The average Bonchev–Trinajstić information content (AvgIpc) is 2.29. The molecule has 0 aromatic heterocycles. The Kier molecular flexibility index (Phi) is 4.41. The van der Waals surface area contributed by atoms with Gasteiger partial charge in [-0.1, -0.05) is 0 Å². The summed E-state index contributed by atoms with van der Waals surface area (Å²) in [5.74, 6) is -0.302. The molecular weight excluding hydrogens is 212 g/mol. The summed E-state index contributed by atoms with van der Waals surface area (Å²) in [6.07, 6.45) is 0.485. The molecule has 0 unspecified atom stereocenters. The molecule has 0 aliphatic carbocycles. The molecule has 0 heterocycles. The lowest BCUT2D eigenvalue weighted by Gasteiger charge is -2.03. The lowest BCUT2D eigenvalue weighted by molar-refractivity contribution is -0.384. The van der Waals surface area contributed by atoms with Gasteiger partial charge in [-0.05, 0) is 18.6 Å². The number of aliphatic hydroxyl groups is 1. The van der Waals surface area contributed by atoms with E-state index >= 15 is 0 Å². The number of hydrogen-bond donors (Lipinski definition) is 2. The number of carbonyl (C=O) groups is 1. The molecule has 0 atom stereocenters. The van der Waals surface area contributed by atoms with E-state index in [0.717, 1.165) is 0 Å². The summed E-state index contributed by atoms with van der Waals surface area (Å²) in [5.41, 5.74) is 0.315. The number of benzene rings is 1. The van der Waals surface area contributed by atoms with Gasteiger partial charge >= 0.3 is 0 Å². The van der Waals surface area contributed by atoms with Crippen LogP contribution in [0.15, 0.2) is 24.3 Å². The van der Waals surface area contributed by atoms with Gasteiger partial charge in [0.1, 0.15) is 0 Å². The molecule has 1 amide bonds. The van der Waals surface area contributed by atoms with E-state index in [9.17, 15) is 14.9 Å². The maximum atomic E-state index is 11.4. The molecule has 6 heteroatoms. The molecule has 16 heavy (non-hydrogen) atoms. The van der Waals surface area contributed by atoms with Gasteiger partial charge in [-0.25, -0.2) is 0 Å². The van der Waals surface area contributed by atoms with Crippen LogP contribution in [0.4, 0.5) is 5.69 Å². The minimum atomic E-state index is -0.520. The number of non-ortho nitro benzene ring substituents is 1. The van der Waals surface area contributed by atoms with Gasteiger partial charge in [-0.15, -0.1) is 0 Å². The third kappa shape index (κ3) is 3.32. The second-order valence-electron chi connectivity index (χ2n) is 3.14. The van der Waals surface area contributed by atoms with E-state index in [1.807, 2.05) is 0 Å². The van der Waals surface area contributed by atoms with Gasteiger partial charge in [-0.2, -0.15) is 0 Å². The number of amides is 1. The highest BCUT2D eigenvalue weighted by Gasteiger charge is 2.08. The molecule has 0 aliphatic heterocycles. The van der Waals surface area contributed by atoms with E-state index < -0.39 is 4.92 Å². The minimum absolute atomic E-state index is 0.0144. The van der Waals surface area contributed by atoms with Crippen molar-refractivity contribution in [3.8, 4) is 0 Å². The van der Waals surface area contributed by atoms with Gasteiger partial charge in [0.15, 0.2) is 0 Å². The molecule has 0 aliphatic rings. The number of nitro benzene ring substituents is 1. The Balaban J connectivity index is 2.59.